The first kappa shape index (κ1) is 23.1. The first-order chi connectivity index (χ1) is 15.2. The molecule has 32 heavy (non-hydrogen) atoms. The van der Waals surface area contributed by atoms with E-state index in [4.69, 9.17) is 0 Å². The Bertz CT molecular complexity index is 1110. The Labute approximate surface area is 192 Å². The van der Waals surface area contributed by atoms with Crippen molar-refractivity contribution in [2.45, 2.75) is 61.2 Å². The molecule has 2 aromatic rings. The average molecular weight is 477 g/mol. The van der Waals surface area contributed by atoms with Crippen LogP contribution >= 0.6 is 11.3 Å². The number of benzene rings is 1. The van der Waals surface area contributed by atoms with E-state index < -0.39 is 22.0 Å². The second-order valence-corrected chi connectivity index (χ2v) is 11.9. The van der Waals surface area contributed by atoms with E-state index in [0.29, 0.717) is 39.9 Å². The van der Waals surface area contributed by atoms with Gasteiger partial charge in [-0.05, 0) is 56.2 Å². The van der Waals surface area contributed by atoms with Crippen LogP contribution in [0.3, 0.4) is 0 Å². The number of aliphatic hydroxyl groups is 2. The van der Waals surface area contributed by atoms with Crippen molar-refractivity contribution in [3.05, 3.63) is 47.0 Å². The standard InChI is InChI=1S/C23H28N2O5S2/c1-23(28,14-26)20-13-31-22(24-20)25-21(27)19(12-15-4-2-3-5-15)16-6-8-17(9-7-16)32(29,30)18-10-11-18/h6-9,12-13,15,18,26,28H,2-5,10-11,14H2,1H3,(H,24,25,27)/b19-12-. The molecule has 1 heterocycles. The lowest BCUT2D eigenvalue weighted by atomic mass is 9.98. The predicted octanol–water partition coefficient (Wildman–Crippen LogP) is 3.49. The molecule has 7 nitrogen and oxygen atoms in total. The number of hydrogen-bond acceptors (Lipinski definition) is 7. The van der Waals surface area contributed by atoms with Gasteiger partial charge in [0.15, 0.2) is 15.0 Å². The summed E-state index contributed by atoms with van der Waals surface area (Å²) in [6.07, 6.45) is 7.68. The number of carbonyl (C=O) groups excluding carboxylic acids is 1. The Hall–Kier alpha value is -2.07. The minimum absolute atomic E-state index is 0.277. The number of nitrogens with one attached hydrogen (secondary N) is 1. The maximum atomic E-state index is 13.2. The minimum atomic E-state index is -3.29. The lowest BCUT2D eigenvalue weighted by Crippen LogP contribution is -2.26. The highest BCUT2D eigenvalue weighted by atomic mass is 32.2. The fraction of sp³-hybridized carbons (Fsp3) is 0.478. The van der Waals surface area contributed by atoms with Crippen LogP contribution in [0.5, 0.6) is 0 Å². The van der Waals surface area contributed by atoms with Gasteiger partial charge in [-0.2, -0.15) is 0 Å². The van der Waals surface area contributed by atoms with E-state index in [-0.39, 0.29) is 16.9 Å². The molecular formula is C23H28N2O5S2. The Kier molecular flexibility index (Phi) is 6.53. The zero-order chi connectivity index (χ0) is 22.9. The summed E-state index contributed by atoms with van der Waals surface area (Å²) in [4.78, 5) is 17.7. The molecule has 1 aromatic heterocycles. The van der Waals surface area contributed by atoms with E-state index in [0.717, 1.165) is 25.7 Å². The minimum Gasteiger partial charge on any atom is -0.393 e. The van der Waals surface area contributed by atoms with E-state index in [1.54, 1.807) is 29.6 Å². The third kappa shape index (κ3) is 4.96. The second kappa shape index (κ2) is 9.05. The topological polar surface area (TPSA) is 117 Å². The Morgan fingerprint density at radius 2 is 1.88 bits per heavy atom. The van der Waals surface area contributed by atoms with Gasteiger partial charge in [0, 0.05) is 11.0 Å². The van der Waals surface area contributed by atoms with Crippen molar-refractivity contribution in [1.29, 1.82) is 0 Å². The number of hydrogen-bond donors (Lipinski definition) is 3. The number of amides is 1. The van der Waals surface area contributed by atoms with Gasteiger partial charge in [-0.15, -0.1) is 11.3 Å². The van der Waals surface area contributed by atoms with Crippen LogP contribution in [-0.4, -0.2) is 41.4 Å². The molecule has 0 radical (unpaired) electrons. The van der Waals surface area contributed by atoms with Crippen LogP contribution in [0.2, 0.25) is 0 Å². The van der Waals surface area contributed by atoms with Crippen LogP contribution in [0.25, 0.3) is 5.57 Å². The van der Waals surface area contributed by atoms with Crippen molar-refractivity contribution in [2.24, 2.45) is 5.92 Å². The van der Waals surface area contributed by atoms with Crippen molar-refractivity contribution >= 4 is 37.8 Å². The van der Waals surface area contributed by atoms with Gasteiger partial charge in [0.25, 0.3) is 5.91 Å². The summed E-state index contributed by atoms with van der Waals surface area (Å²) in [6, 6.07) is 6.55. The van der Waals surface area contributed by atoms with Gasteiger partial charge >= 0.3 is 0 Å². The van der Waals surface area contributed by atoms with Crippen molar-refractivity contribution in [2.75, 3.05) is 11.9 Å². The van der Waals surface area contributed by atoms with Crippen molar-refractivity contribution in [3.8, 4) is 0 Å². The second-order valence-electron chi connectivity index (χ2n) is 8.82. The molecule has 4 rings (SSSR count). The number of aromatic nitrogens is 1. The smallest absolute Gasteiger partial charge is 0.257 e. The van der Waals surface area contributed by atoms with Crippen LogP contribution in [0.1, 0.15) is 56.7 Å². The van der Waals surface area contributed by atoms with Crippen LogP contribution in [0.15, 0.2) is 40.6 Å². The van der Waals surface area contributed by atoms with Gasteiger partial charge in [-0.25, -0.2) is 13.4 Å². The monoisotopic (exact) mass is 476 g/mol. The SMILES string of the molecule is CC(O)(CO)c1csc(NC(=O)/C(=C\C2CCCC2)c2ccc(S(=O)(=O)C3CC3)cc2)n1. The van der Waals surface area contributed by atoms with Crippen molar-refractivity contribution < 1.29 is 23.4 Å². The summed E-state index contributed by atoms with van der Waals surface area (Å²) < 4.78 is 25.0. The van der Waals surface area contributed by atoms with Gasteiger partial charge in [0.1, 0.15) is 5.60 Å². The highest BCUT2D eigenvalue weighted by Crippen LogP contribution is 2.35. The van der Waals surface area contributed by atoms with E-state index in [1.165, 1.54) is 18.3 Å². The van der Waals surface area contributed by atoms with Crippen LogP contribution in [-0.2, 0) is 20.2 Å². The summed E-state index contributed by atoms with van der Waals surface area (Å²) in [5.74, 6) is -0.0353. The number of aliphatic hydroxyl groups excluding tert-OH is 1. The van der Waals surface area contributed by atoms with Crippen LogP contribution in [0, 0.1) is 5.92 Å². The van der Waals surface area contributed by atoms with Gasteiger partial charge in [0.05, 0.1) is 22.4 Å². The molecule has 2 aliphatic rings. The molecule has 2 fully saturated rings. The van der Waals surface area contributed by atoms with E-state index >= 15 is 0 Å². The van der Waals surface area contributed by atoms with Crippen molar-refractivity contribution in [3.63, 3.8) is 0 Å². The van der Waals surface area contributed by atoms with Gasteiger partial charge in [-0.1, -0.05) is 31.1 Å². The molecule has 1 amide bonds. The average Bonchev–Trinajstić information content (AvgIpc) is 3.32. The summed E-state index contributed by atoms with van der Waals surface area (Å²) in [7, 11) is -3.29. The molecule has 0 saturated heterocycles. The molecule has 0 spiro atoms. The summed E-state index contributed by atoms with van der Waals surface area (Å²) >= 11 is 1.17. The molecule has 1 aromatic carbocycles. The molecule has 0 aliphatic heterocycles. The number of rotatable bonds is 8. The lowest BCUT2D eigenvalue weighted by molar-refractivity contribution is -0.111. The number of allylic oxidation sites excluding steroid dienone is 1. The van der Waals surface area contributed by atoms with Gasteiger partial charge < -0.3 is 10.2 Å². The molecular weight excluding hydrogens is 448 g/mol. The van der Waals surface area contributed by atoms with E-state index in [9.17, 15) is 23.4 Å². The third-order valence-electron chi connectivity index (χ3n) is 6.09. The van der Waals surface area contributed by atoms with Gasteiger partial charge in [-0.3, -0.25) is 10.1 Å². The maximum Gasteiger partial charge on any atom is 0.257 e. The molecule has 0 bridgehead atoms. The Balaban J connectivity index is 1.59. The summed E-state index contributed by atoms with van der Waals surface area (Å²) in [5.41, 5.74) is -0.0531. The molecule has 9 heteroatoms. The Morgan fingerprint density at radius 1 is 1.22 bits per heavy atom. The largest absolute Gasteiger partial charge is 0.393 e. The van der Waals surface area contributed by atoms with Gasteiger partial charge in [0.2, 0.25) is 0 Å². The maximum absolute atomic E-state index is 13.2. The molecule has 2 saturated carbocycles. The summed E-state index contributed by atoms with van der Waals surface area (Å²) in [5, 5.41) is 23.9. The highest BCUT2D eigenvalue weighted by Gasteiger charge is 2.36. The zero-order valence-electron chi connectivity index (χ0n) is 18.0. The fourth-order valence-corrected chi connectivity index (χ4v) is 6.37. The quantitative estimate of drug-likeness (QED) is 0.502. The highest BCUT2D eigenvalue weighted by molar-refractivity contribution is 7.92. The first-order valence-electron chi connectivity index (χ1n) is 10.9. The van der Waals surface area contributed by atoms with E-state index in [2.05, 4.69) is 10.3 Å². The number of nitrogens with zero attached hydrogens (tertiary/aromatic N) is 1. The van der Waals surface area contributed by atoms with Crippen LogP contribution < -0.4 is 5.32 Å². The number of anilines is 1. The summed E-state index contributed by atoms with van der Waals surface area (Å²) in [6.45, 7) is 0.976. The number of sulfone groups is 1. The van der Waals surface area contributed by atoms with Crippen LogP contribution in [0.4, 0.5) is 5.13 Å². The van der Waals surface area contributed by atoms with Crippen molar-refractivity contribution in [1.82, 2.24) is 4.98 Å². The number of carbonyl (C=O) groups is 1. The Morgan fingerprint density at radius 3 is 2.47 bits per heavy atom. The normalized spacial score (nSPS) is 19.7. The molecule has 172 valence electrons. The molecule has 1 unspecified atom stereocenters. The first-order valence-corrected chi connectivity index (χ1v) is 13.3. The molecule has 1 atom stereocenters. The van der Waals surface area contributed by atoms with E-state index in [1.807, 2.05) is 6.08 Å². The molecule has 3 N–H and O–H groups in total. The molecule has 2 aliphatic carbocycles. The fourth-order valence-electron chi connectivity index (χ4n) is 3.88. The number of thiazole rings is 1. The predicted molar refractivity (Wildman–Crippen MR) is 124 cm³/mol. The lowest BCUT2D eigenvalue weighted by Gasteiger charge is -2.17. The zero-order valence-corrected chi connectivity index (χ0v) is 19.6. The third-order valence-corrected chi connectivity index (χ3v) is 9.12.